The number of anilines is 1. The number of benzene rings is 1. The fourth-order valence-electron chi connectivity index (χ4n) is 2.78. The van der Waals surface area contributed by atoms with Gasteiger partial charge in [-0.25, -0.2) is 4.79 Å². The third kappa shape index (κ3) is 4.06. The molecule has 24 heavy (non-hydrogen) atoms. The lowest BCUT2D eigenvalue weighted by atomic mass is 10.2. The quantitative estimate of drug-likeness (QED) is 0.877. The summed E-state index contributed by atoms with van der Waals surface area (Å²) < 4.78 is 1.13. The van der Waals surface area contributed by atoms with Crippen molar-refractivity contribution in [1.29, 1.82) is 0 Å². The standard InChI is InChI=1S/C18H21BrN4O/c1-14-12-16(2-3-17(14)19)22-8-10-23(11-9-22)18(24)21-13-15-4-6-20-7-5-15/h2-7,12H,8-11,13H2,1H3,(H,21,24). The molecule has 2 heterocycles. The van der Waals surface area contributed by atoms with Gasteiger partial charge in [0.05, 0.1) is 0 Å². The molecule has 3 rings (SSSR count). The van der Waals surface area contributed by atoms with Crippen LogP contribution in [0, 0.1) is 6.92 Å². The van der Waals surface area contributed by atoms with Crippen molar-refractivity contribution in [1.82, 2.24) is 15.2 Å². The number of piperazine rings is 1. The third-order valence-corrected chi connectivity index (χ3v) is 5.16. The van der Waals surface area contributed by atoms with Crippen molar-refractivity contribution in [2.24, 2.45) is 0 Å². The molecule has 2 amide bonds. The first kappa shape index (κ1) is 16.8. The van der Waals surface area contributed by atoms with E-state index in [0.29, 0.717) is 6.54 Å². The van der Waals surface area contributed by atoms with Crippen LogP contribution in [0.5, 0.6) is 0 Å². The highest BCUT2D eigenvalue weighted by Crippen LogP contribution is 2.23. The Kier molecular flexibility index (Phi) is 5.35. The lowest BCUT2D eigenvalue weighted by Gasteiger charge is -2.36. The molecule has 1 aromatic carbocycles. The number of hydrogen-bond acceptors (Lipinski definition) is 3. The van der Waals surface area contributed by atoms with Gasteiger partial charge in [-0.1, -0.05) is 15.9 Å². The molecule has 0 bridgehead atoms. The van der Waals surface area contributed by atoms with Gasteiger partial charge in [0, 0.05) is 55.3 Å². The summed E-state index contributed by atoms with van der Waals surface area (Å²) in [4.78, 5) is 20.5. The van der Waals surface area contributed by atoms with Gasteiger partial charge in [-0.3, -0.25) is 4.98 Å². The van der Waals surface area contributed by atoms with Gasteiger partial charge in [-0.2, -0.15) is 0 Å². The highest BCUT2D eigenvalue weighted by Gasteiger charge is 2.21. The van der Waals surface area contributed by atoms with Crippen molar-refractivity contribution in [3.05, 3.63) is 58.3 Å². The molecule has 1 aromatic heterocycles. The summed E-state index contributed by atoms with van der Waals surface area (Å²) in [6.45, 7) is 5.80. The number of carbonyl (C=O) groups is 1. The van der Waals surface area contributed by atoms with E-state index in [1.807, 2.05) is 17.0 Å². The number of pyridine rings is 1. The van der Waals surface area contributed by atoms with Gasteiger partial charge >= 0.3 is 6.03 Å². The molecule has 1 N–H and O–H groups in total. The van der Waals surface area contributed by atoms with E-state index >= 15 is 0 Å². The zero-order valence-corrected chi connectivity index (χ0v) is 15.3. The Bertz CT molecular complexity index is 699. The van der Waals surface area contributed by atoms with E-state index in [4.69, 9.17) is 0 Å². The SMILES string of the molecule is Cc1cc(N2CCN(C(=O)NCc3ccncc3)CC2)ccc1Br. The number of urea groups is 1. The third-order valence-electron chi connectivity index (χ3n) is 4.27. The van der Waals surface area contributed by atoms with Crippen LogP contribution < -0.4 is 10.2 Å². The molecule has 1 saturated heterocycles. The molecule has 1 aliphatic heterocycles. The number of aromatic nitrogens is 1. The van der Waals surface area contributed by atoms with Crippen LogP contribution in [-0.2, 0) is 6.54 Å². The molecule has 1 aliphatic rings. The van der Waals surface area contributed by atoms with Crippen LogP contribution in [0.2, 0.25) is 0 Å². The number of nitrogens with one attached hydrogen (secondary N) is 1. The van der Waals surface area contributed by atoms with Crippen LogP contribution in [0.1, 0.15) is 11.1 Å². The van der Waals surface area contributed by atoms with E-state index in [0.717, 1.165) is 36.2 Å². The molecule has 0 radical (unpaired) electrons. The number of rotatable bonds is 3. The molecule has 1 fully saturated rings. The fourth-order valence-corrected chi connectivity index (χ4v) is 3.03. The number of hydrogen-bond donors (Lipinski definition) is 1. The molecule has 0 atom stereocenters. The van der Waals surface area contributed by atoms with Gasteiger partial charge in [0.2, 0.25) is 0 Å². The van der Waals surface area contributed by atoms with E-state index in [1.165, 1.54) is 11.3 Å². The smallest absolute Gasteiger partial charge is 0.317 e. The summed E-state index contributed by atoms with van der Waals surface area (Å²) in [6.07, 6.45) is 3.47. The maximum absolute atomic E-state index is 12.3. The highest BCUT2D eigenvalue weighted by atomic mass is 79.9. The minimum Gasteiger partial charge on any atom is -0.368 e. The van der Waals surface area contributed by atoms with Crippen LogP contribution in [-0.4, -0.2) is 42.1 Å². The molecular formula is C18H21BrN4O. The molecule has 5 nitrogen and oxygen atoms in total. The second-order valence-electron chi connectivity index (χ2n) is 5.92. The summed E-state index contributed by atoms with van der Waals surface area (Å²) in [6, 6.07) is 10.2. The van der Waals surface area contributed by atoms with Crippen molar-refractivity contribution < 1.29 is 4.79 Å². The first-order valence-electron chi connectivity index (χ1n) is 8.06. The normalized spacial score (nSPS) is 14.6. The predicted molar refractivity (Wildman–Crippen MR) is 99.1 cm³/mol. The van der Waals surface area contributed by atoms with Crippen LogP contribution in [0.25, 0.3) is 0 Å². The minimum absolute atomic E-state index is 0.00144. The van der Waals surface area contributed by atoms with Gasteiger partial charge in [0.15, 0.2) is 0 Å². The average molecular weight is 389 g/mol. The Labute approximate surface area is 150 Å². The zero-order chi connectivity index (χ0) is 16.9. The van der Waals surface area contributed by atoms with Crippen LogP contribution in [0.15, 0.2) is 47.2 Å². The van der Waals surface area contributed by atoms with Gasteiger partial charge < -0.3 is 15.1 Å². The molecule has 0 aliphatic carbocycles. The van der Waals surface area contributed by atoms with Crippen molar-refractivity contribution in [2.75, 3.05) is 31.1 Å². The lowest BCUT2D eigenvalue weighted by Crippen LogP contribution is -2.51. The molecule has 2 aromatic rings. The van der Waals surface area contributed by atoms with Crippen LogP contribution >= 0.6 is 15.9 Å². The molecule has 0 unspecified atom stereocenters. The Morgan fingerprint density at radius 3 is 2.54 bits per heavy atom. The Balaban J connectivity index is 1.51. The first-order chi connectivity index (χ1) is 11.6. The van der Waals surface area contributed by atoms with Crippen LogP contribution in [0.3, 0.4) is 0 Å². The topological polar surface area (TPSA) is 48.5 Å². The van der Waals surface area contributed by atoms with E-state index < -0.39 is 0 Å². The van der Waals surface area contributed by atoms with E-state index in [2.05, 4.69) is 56.3 Å². The van der Waals surface area contributed by atoms with Crippen LogP contribution in [0.4, 0.5) is 10.5 Å². The largest absolute Gasteiger partial charge is 0.368 e. The molecule has 0 spiro atoms. The number of nitrogens with zero attached hydrogens (tertiary/aromatic N) is 3. The summed E-state index contributed by atoms with van der Waals surface area (Å²) in [5.74, 6) is 0. The summed E-state index contributed by atoms with van der Waals surface area (Å²) in [5, 5.41) is 2.97. The Morgan fingerprint density at radius 2 is 1.88 bits per heavy atom. The Morgan fingerprint density at radius 1 is 1.17 bits per heavy atom. The fraction of sp³-hybridized carbons (Fsp3) is 0.333. The highest BCUT2D eigenvalue weighted by molar-refractivity contribution is 9.10. The first-order valence-corrected chi connectivity index (χ1v) is 8.85. The monoisotopic (exact) mass is 388 g/mol. The van der Waals surface area contributed by atoms with Gasteiger partial charge in [-0.05, 0) is 48.4 Å². The number of amides is 2. The van der Waals surface area contributed by atoms with Crippen molar-refractivity contribution >= 4 is 27.6 Å². The van der Waals surface area contributed by atoms with Crippen molar-refractivity contribution in [3.8, 4) is 0 Å². The zero-order valence-electron chi connectivity index (χ0n) is 13.7. The Hall–Kier alpha value is -2.08. The number of carbonyl (C=O) groups excluding carboxylic acids is 1. The van der Waals surface area contributed by atoms with Crippen molar-refractivity contribution in [2.45, 2.75) is 13.5 Å². The molecular weight excluding hydrogens is 368 g/mol. The summed E-state index contributed by atoms with van der Waals surface area (Å²) in [5.41, 5.74) is 3.50. The average Bonchev–Trinajstić information content (AvgIpc) is 2.63. The van der Waals surface area contributed by atoms with Gasteiger partial charge in [-0.15, -0.1) is 0 Å². The summed E-state index contributed by atoms with van der Waals surface area (Å²) in [7, 11) is 0. The van der Waals surface area contributed by atoms with E-state index in [1.54, 1.807) is 12.4 Å². The second-order valence-corrected chi connectivity index (χ2v) is 6.78. The lowest BCUT2D eigenvalue weighted by molar-refractivity contribution is 0.194. The molecule has 126 valence electrons. The molecule has 6 heteroatoms. The minimum atomic E-state index is -0.00144. The van der Waals surface area contributed by atoms with E-state index in [9.17, 15) is 4.79 Å². The predicted octanol–water partition coefficient (Wildman–Crippen LogP) is 3.18. The van der Waals surface area contributed by atoms with Gasteiger partial charge in [0.1, 0.15) is 0 Å². The number of halogens is 1. The molecule has 0 saturated carbocycles. The van der Waals surface area contributed by atoms with Crippen molar-refractivity contribution in [3.63, 3.8) is 0 Å². The number of aryl methyl sites for hydroxylation is 1. The van der Waals surface area contributed by atoms with Gasteiger partial charge in [0.25, 0.3) is 0 Å². The maximum atomic E-state index is 12.3. The summed E-state index contributed by atoms with van der Waals surface area (Å²) >= 11 is 3.53. The second kappa shape index (κ2) is 7.66. The maximum Gasteiger partial charge on any atom is 0.317 e. The van der Waals surface area contributed by atoms with E-state index in [-0.39, 0.29) is 6.03 Å².